The predicted molar refractivity (Wildman–Crippen MR) is 170 cm³/mol. The maximum Gasteiger partial charge on any atom is 0.0320 e. The van der Waals surface area contributed by atoms with Crippen molar-refractivity contribution in [2.75, 3.05) is 0 Å². The Kier molecular flexibility index (Phi) is 11.0. The molecule has 0 aromatic carbocycles. The van der Waals surface area contributed by atoms with Gasteiger partial charge in [-0.1, -0.05) is 103 Å². The van der Waals surface area contributed by atoms with E-state index in [1.807, 2.05) is 0 Å². The lowest BCUT2D eigenvalue weighted by Crippen LogP contribution is -2.36. The van der Waals surface area contributed by atoms with Crippen molar-refractivity contribution in [1.82, 2.24) is 0 Å². The van der Waals surface area contributed by atoms with Crippen molar-refractivity contribution in [1.29, 1.82) is 0 Å². The molecule has 0 N–H and O–H groups in total. The average Bonchev–Trinajstić information content (AvgIpc) is 2.95. The molecule has 3 fully saturated rings. The van der Waals surface area contributed by atoms with E-state index in [9.17, 15) is 0 Å². The summed E-state index contributed by atoms with van der Waals surface area (Å²) in [5.74, 6) is 7.47. The molecule has 0 aliphatic heterocycles. The van der Waals surface area contributed by atoms with Crippen LogP contribution in [0.25, 0.3) is 0 Å². The molecular weight excluding hydrogens is 559 g/mol. The van der Waals surface area contributed by atoms with Crippen LogP contribution in [0.3, 0.4) is 0 Å². The van der Waals surface area contributed by atoms with Gasteiger partial charge >= 0.3 is 0 Å². The summed E-state index contributed by atoms with van der Waals surface area (Å²) in [5.41, 5.74) is 1.53. The fourth-order valence-electron chi connectivity index (χ4n) is 9.25. The maximum absolute atomic E-state index is 2.83. The van der Waals surface area contributed by atoms with Gasteiger partial charge in [0, 0.05) is 3.92 Å². The predicted octanol–water partition coefficient (Wildman–Crippen LogP) is 11.4. The highest BCUT2D eigenvalue weighted by molar-refractivity contribution is 14.1. The van der Waals surface area contributed by atoms with Crippen LogP contribution in [0.4, 0.5) is 0 Å². The van der Waals surface area contributed by atoms with Gasteiger partial charge in [-0.05, 0) is 138 Å². The van der Waals surface area contributed by atoms with Gasteiger partial charge < -0.3 is 0 Å². The van der Waals surface area contributed by atoms with Gasteiger partial charge in [-0.25, -0.2) is 0 Å². The van der Waals surface area contributed by atoms with Gasteiger partial charge in [-0.3, -0.25) is 0 Å². The molecule has 0 saturated heterocycles. The topological polar surface area (TPSA) is 0 Å². The van der Waals surface area contributed by atoms with E-state index in [0.717, 1.165) is 47.3 Å². The average molecular weight is 615 g/mol. The molecule has 0 amide bonds. The van der Waals surface area contributed by atoms with Gasteiger partial charge in [0.2, 0.25) is 0 Å². The van der Waals surface area contributed by atoms with Crippen LogP contribution in [-0.2, 0) is 0 Å². The van der Waals surface area contributed by atoms with E-state index in [1.54, 1.807) is 38.5 Å². The molecular formula is C36H55I. The van der Waals surface area contributed by atoms with E-state index < -0.39 is 0 Å². The lowest BCUT2D eigenvalue weighted by Gasteiger charge is -2.45. The van der Waals surface area contributed by atoms with Crippen LogP contribution in [0.5, 0.6) is 0 Å². The van der Waals surface area contributed by atoms with Gasteiger partial charge in [-0.2, -0.15) is 0 Å². The number of rotatable bonds is 5. The summed E-state index contributed by atoms with van der Waals surface area (Å²) in [4.78, 5) is 0. The number of hydrogen-bond acceptors (Lipinski definition) is 0. The molecule has 5 aliphatic rings. The molecule has 0 heterocycles. The molecule has 6 atom stereocenters. The van der Waals surface area contributed by atoms with E-state index >= 15 is 0 Å². The van der Waals surface area contributed by atoms with E-state index in [0.29, 0.717) is 3.92 Å². The van der Waals surface area contributed by atoms with Crippen molar-refractivity contribution >= 4 is 22.6 Å². The van der Waals surface area contributed by atoms with Crippen LogP contribution >= 0.6 is 22.6 Å². The molecule has 206 valence electrons. The van der Waals surface area contributed by atoms with Gasteiger partial charge in [0.25, 0.3) is 0 Å². The fraction of sp³-hybridized carbons (Fsp3) is 0.778. The van der Waals surface area contributed by atoms with Crippen LogP contribution in [0.15, 0.2) is 48.1 Å². The van der Waals surface area contributed by atoms with Crippen molar-refractivity contribution in [3.05, 3.63) is 48.1 Å². The SMILES string of the molecule is CC1=C\C2CC(C3CCC(C4CCCCC4)CC3)CCC2C(C(I)/C=C\C2CC=CCC2)CCC/C=C\1. The first-order valence-electron chi connectivity index (χ1n) is 16.5. The van der Waals surface area contributed by atoms with E-state index in [1.165, 1.54) is 82.6 Å². The first kappa shape index (κ1) is 28.2. The normalized spacial score (nSPS) is 41.5. The minimum absolute atomic E-state index is 0.690. The standard InChI is InChI=1S/C36H55I/c1-27-11-5-2-10-16-35(36(37)24-17-28-12-6-3-7-13-28)34-23-22-32(26-33(34)25-27)31-20-18-30(19-21-31)29-14-8-4-9-15-29/h3,5-6,11,17,24-25,28-36H,2,4,7-10,12-16,18-23,26H2,1H3/b11-5-,24-17-,27-25+. The largest absolute Gasteiger partial charge is 0.0885 e. The zero-order chi connectivity index (χ0) is 25.5. The fourth-order valence-corrected chi connectivity index (χ4v) is 10.4. The molecule has 0 nitrogen and oxygen atoms in total. The quantitative estimate of drug-likeness (QED) is 0.164. The second-order valence-electron chi connectivity index (χ2n) is 13.8. The number of hydrogen-bond donors (Lipinski definition) is 0. The molecule has 0 spiro atoms. The highest BCUT2D eigenvalue weighted by Crippen LogP contribution is 2.50. The number of alkyl halides is 1. The summed E-state index contributed by atoms with van der Waals surface area (Å²) >= 11 is 2.83. The Balaban J connectivity index is 1.23. The zero-order valence-electron chi connectivity index (χ0n) is 23.8. The third-order valence-corrected chi connectivity index (χ3v) is 12.7. The minimum atomic E-state index is 0.690. The second kappa shape index (κ2) is 14.4. The van der Waals surface area contributed by atoms with Gasteiger partial charge in [0.05, 0.1) is 0 Å². The Morgan fingerprint density at radius 1 is 0.730 bits per heavy atom. The summed E-state index contributed by atoms with van der Waals surface area (Å²) in [6.45, 7) is 2.38. The molecule has 0 radical (unpaired) electrons. The second-order valence-corrected chi connectivity index (χ2v) is 15.2. The summed E-state index contributed by atoms with van der Waals surface area (Å²) in [5, 5.41) is 0. The molecule has 37 heavy (non-hydrogen) atoms. The minimum Gasteiger partial charge on any atom is -0.0885 e. The number of allylic oxidation sites excluding steroid dienone is 8. The van der Waals surface area contributed by atoms with Gasteiger partial charge in [0.1, 0.15) is 0 Å². The van der Waals surface area contributed by atoms with Gasteiger partial charge in [0.15, 0.2) is 0 Å². The Morgan fingerprint density at radius 2 is 1.46 bits per heavy atom. The van der Waals surface area contributed by atoms with Crippen LogP contribution < -0.4 is 0 Å². The molecule has 3 saturated carbocycles. The third kappa shape index (κ3) is 7.88. The van der Waals surface area contributed by atoms with Crippen molar-refractivity contribution < 1.29 is 0 Å². The first-order valence-corrected chi connectivity index (χ1v) is 17.7. The van der Waals surface area contributed by atoms with Crippen LogP contribution in [0, 0.1) is 47.3 Å². The summed E-state index contributed by atoms with van der Waals surface area (Å²) in [6, 6.07) is 0. The van der Waals surface area contributed by atoms with Crippen molar-refractivity contribution in [2.24, 2.45) is 47.3 Å². The molecule has 5 aliphatic carbocycles. The molecule has 1 heteroatoms. The highest BCUT2D eigenvalue weighted by Gasteiger charge is 2.40. The molecule has 0 aromatic rings. The highest BCUT2D eigenvalue weighted by atomic mass is 127. The molecule has 0 aromatic heterocycles. The Morgan fingerprint density at radius 3 is 2.22 bits per heavy atom. The van der Waals surface area contributed by atoms with E-state index in [-0.39, 0.29) is 0 Å². The number of halogens is 1. The molecule has 6 unspecified atom stereocenters. The Labute approximate surface area is 243 Å². The van der Waals surface area contributed by atoms with Crippen LogP contribution in [0.2, 0.25) is 0 Å². The molecule has 0 bridgehead atoms. The zero-order valence-corrected chi connectivity index (χ0v) is 26.0. The Hall–Kier alpha value is -0.310. The van der Waals surface area contributed by atoms with Gasteiger partial charge in [-0.15, -0.1) is 0 Å². The monoisotopic (exact) mass is 614 g/mol. The van der Waals surface area contributed by atoms with Crippen molar-refractivity contribution in [3.63, 3.8) is 0 Å². The third-order valence-electron chi connectivity index (χ3n) is 11.4. The van der Waals surface area contributed by atoms with E-state index in [2.05, 4.69) is 72.0 Å². The number of fused-ring (bicyclic) bond motifs is 1. The van der Waals surface area contributed by atoms with Crippen LogP contribution in [0.1, 0.15) is 122 Å². The van der Waals surface area contributed by atoms with E-state index in [4.69, 9.17) is 0 Å². The molecule has 5 rings (SSSR count). The summed E-state index contributed by atoms with van der Waals surface area (Å²) < 4.78 is 0.690. The van der Waals surface area contributed by atoms with Crippen LogP contribution in [-0.4, -0.2) is 3.92 Å². The summed E-state index contributed by atoms with van der Waals surface area (Å²) in [7, 11) is 0. The van der Waals surface area contributed by atoms with Crippen molar-refractivity contribution in [2.45, 2.75) is 126 Å². The smallest absolute Gasteiger partial charge is 0.0320 e. The summed E-state index contributed by atoms with van der Waals surface area (Å²) in [6.07, 6.45) is 43.9. The first-order chi connectivity index (χ1) is 18.2. The van der Waals surface area contributed by atoms with Crippen molar-refractivity contribution in [3.8, 4) is 0 Å². The Bertz CT molecular complexity index is 803. The maximum atomic E-state index is 2.83. The lowest BCUT2D eigenvalue weighted by molar-refractivity contribution is 0.0797. The lowest BCUT2D eigenvalue weighted by atomic mass is 9.61.